The van der Waals surface area contributed by atoms with Crippen molar-refractivity contribution in [3.05, 3.63) is 33.0 Å². The molecule has 0 N–H and O–H groups in total. The predicted octanol–water partition coefficient (Wildman–Crippen LogP) is 4.26. The van der Waals surface area contributed by atoms with Gasteiger partial charge in [-0.25, -0.2) is 0 Å². The zero-order valence-electron chi connectivity index (χ0n) is 8.84. The highest BCUT2D eigenvalue weighted by Crippen LogP contribution is 2.35. The second kappa shape index (κ2) is 5.12. The Morgan fingerprint density at radius 3 is 2.78 bits per heavy atom. The van der Waals surface area contributed by atoms with Gasteiger partial charge in [0, 0.05) is 11.6 Å². The van der Waals surface area contributed by atoms with E-state index >= 15 is 0 Å². The number of aromatic nitrogens is 1. The fourth-order valence-corrected chi connectivity index (χ4v) is 2.63. The molecule has 0 amide bonds. The lowest BCUT2D eigenvalue weighted by atomic mass is 9.95. The van der Waals surface area contributed by atoms with Crippen molar-refractivity contribution in [3.63, 3.8) is 0 Å². The second-order valence-corrected chi connectivity index (χ2v) is 5.16. The zero-order chi connectivity index (χ0) is 13.3. The number of benzene rings is 1. The lowest BCUT2D eigenvalue weighted by Gasteiger charge is -2.17. The first kappa shape index (κ1) is 13.7. The lowest BCUT2D eigenvalue weighted by Crippen LogP contribution is -2.26. The van der Waals surface area contributed by atoms with Crippen LogP contribution < -0.4 is 4.74 Å². The Labute approximate surface area is 120 Å². The molecule has 0 spiro atoms. The number of ether oxygens (including phenoxy) is 1. The summed E-state index contributed by atoms with van der Waals surface area (Å²) < 4.78 is 42.1. The summed E-state index contributed by atoms with van der Waals surface area (Å²) in [5.74, 6) is 0.120. The Morgan fingerprint density at radius 2 is 2.11 bits per heavy atom. The Balaban J connectivity index is 2.49. The van der Waals surface area contributed by atoms with Crippen LogP contribution in [0, 0.1) is 3.57 Å². The molecule has 1 aromatic heterocycles. The van der Waals surface area contributed by atoms with Gasteiger partial charge < -0.3 is 17.7 Å². The van der Waals surface area contributed by atoms with E-state index in [9.17, 15) is 12.9 Å². The minimum atomic E-state index is -5.00. The normalized spacial score (nSPS) is 11.8. The van der Waals surface area contributed by atoms with E-state index in [2.05, 4.69) is 4.98 Å². The third-order valence-electron chi connectivity index (χ3n) is 2.17. The molecular weight excluding hydrogens is 380 g/mol. The van der Waals surface area contributed by atoms with Crippen molar-refractivity contribution in [3.8, 4) is 5.75 Å². The van der Waals surface area contributed by atoms with Crippen molar-refractivity contribution in [1.82, 2.24) is 4.98 Å². The summed E-state index contributed by atoms with van der Waals surface area (Å²) >= 11 is 7.88. The first-order valence-electron chi connectivity index (χ1n) is 4.95. The van der Waals surface area contributed by atoms with Gasteiger partial charge in [-0.3, -0.25) is 4.98 Å². The van der Waals surface area contributed by atoms with E-state index in [0.29, 0.717) is 19.5 Å². The van der Waals surface area contributed by atoms with Crippen molar-refractivity contribution in [1.29, 1.82) is 0 Å². The Kier molecular flexibility index (Phi) is 3.91. The van der Waals surface area contributed by atoms with Gasteiger partial charge in [0.05, 0.1) is 15.1 Å². The Bertz CT molecular complexity index is 593. The molecule has 0 radical (unpaired) electrons. The molecule has 0 atom stereocenters. The van der Waals surface area contributed by atoms with Gasteiger partial charge in [0.25, 0.3) is 0 Å². The van der Waals surface area contributed by atoms with Crippen LogP contribution >= 0.6 is 34.2 Å². The number of hydrogen-bond acceptors (Lipinski definition) is 2. The number of rotatable bonds is 3. The third kappa shape index (κ3) is 3.00. The average molecular weight is 386 g/mol. The van der Waals surface area contributed by atoms with Crippen LogP contribution in [0.25, 0.3) is 10.9 Å². The van der Waals surface area contributed by atoms with E-state index in [1.807, 2.05) is 22.6 Å². The molecule has 96 valence electrons. The van der Waals surface area contributed by atoms with Crippen LogP contribution in [0.15, 0.2) is 24.4 Å². The van der Waals surface area contributed by atoms with Crippen molar-refractivity contribution < 1.29 is 17.7 Å². The van der Waals surface area contributed by atoms with Gasteiger partial charge in [-0.05, 0) is 40.8 Å². The maximum absolute atomic E-state index is 12.2. The second-order valence-electron chi connectivity index (χ2n) is 3.59. The van der Waals surface area contributed by atoms with Crippen molar-refractivity contribution in [2.75, 3.05) is 6.51 Å². The molecule has 8 heteroatoms. The van der Waals surface area contributed by atoms with E-state index < -0.39 is 13.5 Å². The quantitative estimate of drug-likeness (QED) is 0.581. The van der Waals surface area contributed by atoms with E-state index in [1.54, 1.807) is 18.2 Å². The molecular formula is C10H6BClF3INO-. The minimum absolute atomic E-state index is 0.120. The average Bonchev–Trinajstić information content (AvgIpc) is 2.27. The monoisotopic (exact) mass is 386 g/mol. The summed E-state index contributed by atoms with van der Waals surface area (Å²) in [6.45, 7) is -6.29. The molecule has 0 aliphatic carbocycles. The van der Waals surface area contributed by atoms with E-state index in [0.717, 1.165) is 0 Å². The highest BCUT2D eigenvalue weighted by molar-refractivity contribution is 14.1. The first-order chi connectivity index (χ1) is 8.38. The number of fused-ring (bicyclic) bond motifs is 1. The Morgan fingerprint density at radius 1 is 1.39 bits per heavy atom. The van der Waals surface area contributed by atoms with Crippen LogP contribution in [-0.2, 0) is 0 Å². The summed E-state index contributed by atoms with van der Waals surface area (Å²) in [5.41, 5.74) is 0.342. The van der Waals surface area contributed by atoms with E-state index in [-0.39, 0.29) is 5.75 Å². The van der Waals surface area contributed by atoms with Crippen LogP contribution in [-0.4, -0.2) is 18.5 Å². The van der Waals surface area contributed by atoms with E-state index in [1.165, 1.54) is 6.20 Å². The standard InChI is InChI=1S/C10H6BClF3INO/c12-7-4-8(16)10(18-5-11(13,14)15)9-6(7)2-1-3-17-9/h1-4H,5H2/q-1. The zero-order valence-corrected chi connectivity index (χ0v) is 11.8. The lowest BCUT2D eigenvalue weighted by molar-refractivity contribution is 0.314. The van der Waals surface area contributed by atoms with Gasteiger partial charge in [0.1, 0.15) is 5.52 Å². The fourth-order valence-electron chi connectivity index (χ4n) is 1.46. The first-order valence-corrected chi connectivity index (χ1v) is 6.40. The Hall–Kier alpha value is -0.695. The molecule has 0 unspecified atom stereocenters. The molecule has 2 rings (SSSR count). The summed E-state index contributed by atoms with van der Waals surface area (Å²) in [6, 6.07) is 4.91. The SMILES string of the molecule is F[B-](F)(F)COc1c(I)cc(Cl)c2cccnc12. The molecule has 2 nitrogen and oxygen atoms in total. The van der Waals surface area contributed by atoms with Crippen molar-refractivity contribution >= 4 is 52.1 Å². The highest BCUT2D eigenvalue weighted by atomic mass is 127. The van der Waals surface area contributed by atoms with Gasteiger partial charge in [-0.1, -0.05) is 11.6 Å². The maximum atomic E-state index is 12.2. The summed E-state index contributed by atoms with van der Waals surface area (Å²) in [4.78, 5) is 4.03. The molecule has 0 saturated carbocycles. The predicted molar refractivity (Wildman–Crippen MR) is 74.0 cm³/mol. The number of hydrogen-bond donors (Lipinski definition) is 0. The molecule has 0 aliphatic heterocycles. The molecule has 0 aliphatic rings. The maximum Gasteiger partial charge on any atom is 0.515 e. The van der Waals surface area contributed by atoms with Crippen LogP contribution in [0.2, 0.25) is 5.02 Å². The van der Waals surface area contributed by atoms with Gasteiger partial charge in [0.15, 0.2) is 5.75 Å². The topological polar surface area (TPSA) is 22.1 Å². The minimum Gasteiger partial charge on any atom is -0.519 e. The van der Waals surface area contributed by atoms with Crippen molar-refractivity contribution in [2.45, 2.75) is 0 Å². The van der Waals surface area contributed by atoms with Gasteiger partial charge in [-0.2, -0.15) is 0 Å². The number of halogens is 5. The molecule has 18 heavy (non-hydrogen) atoms. The molecule has 1 heterocycles. The van der Waals surface area contributed by atoms with Crippen LogP contribution in [0.4, 0.5) is 12.9 Å². The largest absolute Gasteiger partial charge is 0.519 e. The van der Waals surface area contributed by atoms with Crippen LogP contribution in [0.3, 0.4) is 0 Å². The molecule has 0 fully saturated rings. The molecule has 1 aromatic carbocycles. The number of pyridine rings is 1. The third-order valence-corrected chi connectivity index (χ3v) is 3.28. The number of nitrogens with zero attached hydrogens (tertiary/aromatic N) is 1. The summed E-state index contributed by atoms with van der Waals surface area (Å²) in [5, 5.41) is 1.01. The fraction of sp³-hybridized carbons (Fsp3) is 0.100. The van der Waals surface area contributed by atoms with Crippen molar-refractivity contribution in [2.24, 2.45) is 0 Å². The smallest absolute Gasteiger partial charge is 0.515 e. The highest BCUT2D eigenvalue weighted by Gasteiger charge is 2.25. The van der Waals surface area contributed by atoms with Crippen LogP contribution in [0.5, 0.6) is 5.75 Å². The molecule has 0 bridgehead atoms. The van der Waals surface area contributed by atoms with Gasteiger partial charge in [-0.15, -0.1) is 0 Å². The van der Waals surface area contributed by atoms with Gasteiger partial charge in [0.2, 0.25) is 0 Å². The molecule has 2 aromatic rings. The van der Waals surface area contributed by atoms with Crippen LogP contribution in [0.1, 0.15) is 0 Å². The summed E-state index contributed by atoms with van der Waals surface area (Å²) in [6.07, 6.45) is 1.49. The summed E-state index contributed by atoms with van der Waals surface area (Å²) in [7, 11) is 0. The molecule has 0 saturated heterocycles. The van der Waals surface area contributed by atoms with Gasteiger partial charge >= 0.3 is 6.98 Å². The van der Waals surface area contributed by atoms with E-state index in [4.69, 9.17) is 16.3 Å².